The third kappa shape index (κ3) is 5.71. The third-order valence-corrected chi connectivity index (χ3v) is 6.55. The quantitative estimate of drug-likeness (QED) is 0.232. The van der Waals surface area contributed by atoms with E-state index in [0.717, 1.165) is 16.9 Å². The third-order valence-electron chi connectivity index (χ3n) is 5.11. The molecule has 35 heavy (non-hydrogen) atoms. The topological polar surface area (TPSA) is 62.6 Å². The molecular weight excluding hydrogens is 505 g/mol. The summed E-state index contributed by atoms with van der Waals surface area (Å²) in [7, 11) is 1.28. The van der Waals surface area contributed by atoms with Crippen molar-refractivity contribution < 1.29 is 32.2 Å². The summed E-state index contributed by atoms with van der Waals surface area (Å²) in [6, 6.07) is 13.7. The predicted octanol–water partition coefficient (Wildman–Crippen LogP) is 7.00. The van der Waals surface area contributed by atoms with Crippen LogP contribution in [0, 0.1) is 0 Å². The highest BCUT2D eigenvalue weighted by molar-refractivity contribution is 7.16. The molecule has 0 bridgehead atoms. The summed E-state index contributed by atoms with van der Waals surface area (Å²) in [5.74, 6) is 0.0176. The summed E-state index contributed by atoms with van der Waals surface area (Å²) in [5, 5.41) is 1.13. The normalized spacial score (nSPS) is 12.5. The van der Waals surface area contributed by atoms with Crippen molar-refractivity contribution in [3.05, 3.63) is 70.3 Å². The number of thiophene rings is 1. The minimum Gasteiger partial charge on any atom is -0.493 e. The van der Waals surface area contributed by atoms with Gasteiger partial charge in [-0.2, -0.15) is 13.2 Å². The Morgan fingerprint density at radius 3 is 2.69 bits per heavy atom. The molecular formula is C24H20ClF3N2O4S. The van der Waals surface area contributed by atoms with Gasteiger partial charge in [-0.25, -0.2) is 9.78 Å². The van der Waals surface area contributed by atoms with E-state index in [4.69, 9.17) is 25.8 Å². The Morgan fingerprint density at radius 2 is 1.97 bits per heavy atom. The summed E-state index contributed by atoms with van der Waals surface area (Å²) in [6.07, 6.45) is -4.26. The van der Waals surface area contributed by atoms with Crippen LogP contribution in [0.25, 0.3) is 16.0 Å². The van der Waals surface area contributed by atoms with Crippen LogP contribution in [0.4, 0.5) is 13.2 Å². The number of carbonyl (C=O) groups is 1. The van der Waals surface area contributed by atoms with E-state index in [1.807, 2.05) is 25.1 Å². The number of carbonyl (C=O) groups excluding carboxylic acids is 1. The number of methoxy groups -OCH3 is 1. The average Bonchev–Trinajstić information content (AvgIpc) is 3.41. The number of rotatable bonds is 8. The van der Waals surface area contributed by atoms with Gasteiger partial charge in [0.05, 0.1) is 31.2 Å². The van der Waals surface area contributed by atoms with Crippen molar-refractivity contribution in [1.82, 2.24) is 9.55 Å². The second kappa shape index (κ2) is 10.2. The van der Waals surface area contributed by atoms with Gasteiger partial charge in [0.1, 0.15) is 28.9 Å². The van der Waals surface area contributed by atoms with Crippen LogP contribution in [-0.2, 0) is 4.74 Å². The summed E-state index contributed by atoms with van der Waals surface area (Å²) in [5.41, 5.74) is 1.96. The van der Waals surface area contributed by atoms with Gasteiger partial charge in [-0.1, -0.05) is 29.8 Å². The van der Waals surface area contributed by atoms with E-state index in [0.29, 0.717) is 26.8 Å². The molecule has 2 aromatic heterocycles. The van der Waals surface area contributed by atoms with Crippen LogP contribution in [0.15, 0.2) is 54.9 Å². The molecule has 1 atom stereocenters. The molecule has 0 aliphatic heterocycles. The fourth-order valence-electron chi connectivity index (χ4n) is 3.40. The number of esters is 1. The molecule has 4 rings (SSSR count). The minimum atomic E-state index is -4.30. The number of halogens is 4. The van der Waals surface area contributed by atoms with Crippen LogP contribution in [0.2, 0.25) is 5.02 Å². The molecule has 0 saturated heterocycles. The molecule has 4 aromatic rings. The summed E-state index contributed by atoms with van der Waals surface area (Å²) in [6.45, 7) is 1.32. The van der Waals surface area contributed by atoms with Crippen LogP contribution in [-0.4, -0.2) is 35.4 Å². The van der Waals surface area contributed by atoms with Crippen LogP contribution in [0.3, 0.4) is 0 Å². The first-order valence-electron chi connectivity index (χ1n) is 10.5. The predicted molar refractivity (Wildman–Crippen MR) is 127 cm³/mol. The van der Waals surface area contributed by atoms with E-state index in [-0.39, 0.29) is 10.6 Å². The number of imidazole rings is 1. The van der Waals surface area contributed by atoms with Gasteiger partial charge in [0.2, 0.25) is 0 Å². The van der Waals surface area contributed by atoms with E-state index in [9.17, 15) is 18.0 Å². The molecule has 184 valence electrons. The highest BCUT2D eigenvalue weighted by atomic mass is 35.5. The van der Waals surface area contributed by atoms with Gasteiger partial charge in [0.15, 0.2) is 4.88 Å². The van der Waals surface area contributed by atoms with Crippen molar-refractivity contribution in [2.24, 2.45) is 0 Å². The fourth-order valence-corrected chi connectivity index (χ4v) is 4.68. The molecule has 0 N–H and O–H groups in total. The lowest BCUT2D eigenvalue weighted by Crippen LogP contribution is -2.13. The fraction of sp³-hybridized carbons (Fsp3) is 0.250. The number of hydrogen-bond acceptors (Lipinski definition) is 6. The van der Waals surface area contributed by atoms with E-state index in [1.54, 1.807) is 41.2 Å². The molecule has 0 aliphatic carbocycles. The molecule has 0 aliphatic rings. The Balaban J connectivity index is 1.66. The van der Waals surface area contributed by atoms with Gasteiger partial charge in [0.25, 0.3) is 0 Å². The zero-order valence-electron chi connectivity index (χ0n) is 18.6. The van der Waals surface area contributed by atoms with Crippen LogP contribution >= 0.6 is 22.9 Å². The second-order valence-corrected chi connectivity index (χ2v) is 8.97. The number of fused-ring (bicyclic) bond motifs is 1. The van der Waals surface area contributed by atoms with Crippen molar-refractivity contribution in [2.75, 3.05) is 13.7 Å². The molecule has 0 saturated carbocycles. The maximum atomic E-state index is 12.5. The van der Waals surface area contributed by atoms with Crippen LogP contribution in [0.5, 0.6) is 11.5 Å². The van der Waals surface area contributed by atoms with Gasteiger partial charge in [-0.05, 0) is 25.1 Å². The van der Waals surface area contributed by atoms with E-state index in [2.05, 4.69) is 4.98 Å². The van der Waals surface area contributed by atoms with E-state index >= 15 is 0 Å². The number of benzene rings is 2. The second-order valence-electron chi connectivity index (χ2n) is 7.53. The maximum absolute atomic E-state index is 12.5. The van der Waals surface area contributed by atoms with E-state index < -0.39 is 31.3 Å². The first-order chi connectivity index (χ1) is 16.7. The zero-order valence-corrected chi connectivity index (χ0v) is 20.2. The lowest BCUT2D eigenvalue weighted by Gasteiger charge is -2.16. The smallest absolute Gasteiger partial charge is 0.392 e. The van der Waals surface area contributed by atoms with Crippen molar-refractivity contribution in [2.45, 2.75) is 25.6 Å². The highest BCUT2D eigenvalue weighted by Gasteiger charge is 2.27. The molecule has 0 radical (unpaired) electrons. The molecule has 11 heteroatoms. The molecule has 0 spiro atoms. The lowest BCUT2D eigenvalue weighted by atomic mass is 10.1. The molecule has 2 aromatic carbocycles. The largest absolute Gasteiger partial charge is 0.493 e. The SMILES string of the molecule is COC(=O)c1sc(-n2cnc3ccc(OCCC(F)(F)F)cc32)cc1OC(C)c1ccccc1Cl. The maximum Gasteiger partial charge on any atom is 0.392 e. The molecule has 0 fully saturated rings. The van der Waals surface area contributed by atoms with Crippen molar-refractivity contribution in [3.8, 4) is 16.5 Å². The van der Waals surface area contributed by atoms with Crippen molar-refractivity contribution in [3.63, 3.8) is 0 Å². The van der Waals surface area contributed by atoms with Gasteiger partial charge in [0, 0.05) is 22.7 Å². The van der Waals surface area contributed by atoms with Gasteiger partial charge in [-0.15, -0.1) is 11.3 Å². The first-order valence-corrected chi connectivity index (χ1v) is 11.7. The number of hydrogen-bond donors (Lipinski definition) is 0. The molecule has 0 amide bonds. The van der Waals surface area contributed by atoms with Crippen LogP contribution < -0.4 is 9.47 Å². The Morgan fingerprint density at radius 1 is 1.20 bits per heavy atom. The monoisotopic (exact) mass is 524 g/mol. The zero-order chi connectivity index (χ0) is 25.2. The molecule has 2 heterocycles. The summed E-state index contributed by atoms with van der Waals surface area (Å²) in [4.78, 5) is 17.1. The number of nitrogens with zero attached hydrogens (tertiary/aromatic N) is 2. The molecule has 1 unspecified atom stereocenters. The van der Waals surface area contributed by atoms with Crippen molar-refractivity contribution in [1.29, 1.82) is 0 Å². The highest BCUT2D eigenvalue weighted by Crippen LogP contribution is 2.38. The van der Waals surface area contributed by atoms with Gasteiger partial charge < -0.3 is 14.2 Å². The summed E-state index contributed by atoms with van der Waals surface area (Å²) >= 11 is 7.42. The van der Waals surface area contributed by atoms with Crippen molar-refractivity contribution >= 4 is 39.9 Å². The number of alkyl halides is 3. The first kappa shape index (κ1) is 24.9. The minimum absolute atomic E-state index is 0.251. The average molecular weight is 525 g/mol. The molecule has 6 nitrogen and oxygen atoms in total. The Kier molecular flexibility index (Phi) is 7.23. The summed E-state index contributed by atoms with van der Waals surface area (Å²) < 4.78 is 55.4. The van der Waals surface area contributed by atoms with Gasteiger partial charge in [-0.3, -0.25) is 4.57 Å². The van der Waals surface area contributed by atoms with E-state index in [1.165, 1.54) is 7.11 Å². The number of ether oxygens (including phenoxy) is 3. The Bertz CT molecular complexity index is 1350. The van der Waals surface area contributed by atoms with Crippen LogP contribution in [0.1, 0.15) is 34.7 Å². The number of aromatic nitrogens is 2. The van der Waals surface area contributed by atoms with Gasteiger partial charge >= 0.3 is 12.1 Å². The lowest BCUT2D eigenvalue weighted by molar-refractivity contribution is -0.139. The Hall–Kier alpha value is -3.24. The standard InChI is InChI=1S/C24H20ClF3N2O4S/c1-14(16-5-3-4-6-17(16)25)34-20-12-21(35-22(20)23(31)32-2)30-13-29-18-8-7-15(11-19(18)30)33-10-9-24(26,27)28/h3-8,11-14H,9-10H2,1-2H3. The Labute approximate surface area is 207 Å².